The summed E-state index contributed by atoms with van der Waals surface area (Å²) in [6.45, 7) is 6.64. The summed E-state index contributed by atoms with van der Waals surface area (Å²) in [4.78, 5) is 26.3. The van der Waals surface area contributed by atoms with Gasteiger partial charge in [-0.3, -0.25) is 9.78 Å². The summed E-state index contributed by atoms with van der Waals surface area (Å²) in [5.74, 6) is -1.33. The number of aromatic nitrogens is 1. The second-order valence-electron chi connectivity index (χ2n) is 5.02. The molecule has 0 aliphatic rings. The van der Waals surface area contributed by atoms with Crippen molar-refractivity contribution < 1.29 is 19.4 Å². The molecule has 0 aromatic carbocycles. The number of carboxylic acids is 1. The Labute approximate surface area is 123 Å². The van der Waals surface area contributed by atoms with Gasteiger partial charge < -0.3 is 15.2 Å². The van der Waals surface area contributed by atoms with E-state index in [0.717, 1.165) is 6.08 Å². The highest BCUT2D eigenvalue weighted by Crippen LogP contribution is 2.08. The molecule has 114 valence electrons. The van der Waals surface area contributed by atoms with E-state index in [1.807, 2.05) is 20.8 Å². The van der Waals surface area contributed by atoms with Crippen molar-refractivity contribution in [2.45, 2.75) is 26.4 Å². The normalized spacial score (nSPS) is 11.6. The van der Waals surface area contributed by atoms with Crippen molar-refractivity contribution >= 4 is 18.0 Å². The number of aliphatic carboxylic acids is 1. The Morgan fingerprint density at radius 2 is 2.14 bits per heavy atom. The van der Waals surface area contributed by atoms with Gasteiger partial charge in [-0.2, -0.15) is 0 Å². The van der Waals surface area contributed by atoms with Gasteiger partial charge in [0.2, 0.25) is 0 Å². The molecule has 1 heterocycles. The third-order valence-electron chi connectivity index (χ3n) is 2.65. The van der Waals surface area contributed by atoms with Crippen LogP contribution in [0.2, 0.25) is 0 Å². The van der Waals surface area contributed by atoms with Gasteiger partial charge in [0.05, 0.1) is 5.60 Å². The maximum absolute atomic E-state index is 11.9. The van der Waals surface area contributed by atoms with E-state index >= 15 is 0 Å². The fraction of sp³-hybridized carbons (Fsp3) is 0.400. The molecular formula is C15H20N2O4. The van der Waals surface area contributed by atoms with Crippen LogP contribution < -0.4 is 5.32 Å². The molecular weight excluding hydrogens is 272 g/mol. The highest BCUT2D eigenvalue weighted by molar-refractivity contribution is 5.92. The summed E-state index contributed by atoms with van der Waals surface area (Å²) in [5.41, 5.74) is 0.451. The molecule has 0 atom stereocenters. The molecule has 6 nitrogen and oxygen atoms in total. The predicted octanol–water partition coefficient (Wildman–Crippen LogP) is 1.72. The number of nitrogens with zero attached hydrogens (tertiary/aromatic N) is 1. The maximum atomic E-state index is 11.9. The molecule has 0 radical (unpaired) electrons. The summed E-state index contributed by atoms with van der Waals surface area (Å²) in [6, 6.07) is 3.18. The molecule has 1 aromatic rings. The largest absolute Gasteiger partial charge is 0.478 e. The zero-order chi connectivity index (χ0) is 15.9. The molecule has 0 aliphatic heterocycles. The van der Waals surface area contributed by atoms with Crippen LogP contribution in [0.25, 0.3) is 6.08 Å². The lowest BCUT2D eigenvalue weighted by Crippen LogP contribution is -2.40. The van der Waals surface area contributed by atoms with Crippen molar-refractivity contribution in [2.75, 3.05) is 13.2 Å². The number of hydrogen-bond acceptors (Lipinski definition) is 4. The van der Waals surface area contributed by atoms with Crippen LogP contribution in [0, 0.1) is 0 Å². The maximum Gasteiger partial charge on any atom is 0.328 e. The average molecular weight is 292 g/mol. The second-order valence-corrected chi connectivity index (χ2v) is 5.02. The van der Waals surface area contributed by atoms with Gasteiger partial charge in [-0.1, -0.05) is 6.07 Å². The summed E-state index contributed by atoms with van der Waals surface area (Å²) in [6.07, 6.45) is 3.87. The second kappa shape index (κ2) is 7.54. The van der Waals surface area contributed by atoms with E-state index < -0.39 is 11.6 Å². The Morgan fingerprint density at radius 3 is 2.67 bits per heavy atom. The number of rotatable bonds is 7. The van der Waals surface area contributed by atoms with Crippen molar-refractivity contribution in [1.29, 1.82) is 0 Å². The van der Waals surface area contributed by atoms with Crippen molar-refractivity contribution in [3.8, 4) is 0 Å². The molecule has 0 saturated carbocycles. The van der Waals surface area contributed by atoms with Gasteiger partial charge in [0, 0.05) is 25.4 Å². The van der Waals surface area contributed by atoms with Crippen molar-refractivity contribution in [3.63, 3.8) is 0 Å². The predicted molar refractivity (Wildman–Crippen MR) is 78.9 cm³/mol. The Morgan fingerprint density at radius 1 is 1.43 bits per heavy atom. The van der Waals surface area contributed by atoms with E-state index in [1.54, 1.807) is 12.1 Å². The van der Waals surface area contributed by atoms with E-state index in [-0.39, 0.29) is 11.6 Å². The average Bonchev–Trinajstić information content (AvgIpc) is 2.43. The van der Waals surface area contributed by atoms with Gasteiger partial charge >= 0.3 is 5.97 Å². The van der Waals surface area contributed by atoms with Crippen molar-refractivity contribution in [3.05, 3.63) is 35.7 Å². The van der Waals surface area contributed by atoms with Gasteiger partial charge in [0.15, 0.2) is 0 Å². The first kappa shape index (κ1) is 16.8. The minimum Gasteiger partial charge on any atom is -0.478 e. The first-order chi connectivity index (χ1) is 9.84. The summed E-state index contributed by atoms with van der Waals surface area (Å²) >= 11 is 0. The summed E-state index contributed by atoms with van der Waals surface area (Å²) < 4.78 is 5.49. The number of carbonyl (C=O) groups is 2. The number of nitrogens with one attached hydrogen (secondary N) is 1. The number of carbonyl (C=O) groups excluding carboxylic acids is 1. The fourth-order valence-corrected chi connectivity index (χ4v) is 1.63. The number of pyridine rings is 1. The topological polar surface area (TPSA) is 88.5 Å². The summed E-state index contributed by atoms with van der Waals surface area (Å²) in [5, 5.41) is 11.3. The molecule has 0 saturated heterocycles. The molecule has 0 unspecified atom stereocenters. The number of ether oxygens (including phenoxy) is 1. The van der Waals surface area contributed by atoms with Crippen LogP contribution in [0.3, 0.4) is 0 Å². The SMILES string of the molecule is CCOC(C)(C)CNC(=O)c1ccc(/C=C/C(=O)O)cn1. The van der Waals surface area contributed by atoms with Gasteiger partial charge in [0.25, 0.3) is 5.91 Å². The van der Waals surface area contributed by atoms with Gasteiger partial charge in [0.1, 0.15) is 5.69 Å². The Hall–Kier alpha value is -2.21. The third kappa shape index (κ3) is 6.18. The van der Waals surface area contributed by atoms with Crippen LogP contribution in [0.15, 0.2) is 24.4 Å². The van der Waals surface area contributed by atoms with Crippen LogP contribution in [0.5, 0.6) is 0 Å². The lowest BCUT2D eigenvalue weighted by atomic mass is 10.1. The molecule has 1 rings (SSSR count). The third-order valence-corrected chi connectivity index (χ3v) is 2.65. The zero-order valence-electron chi connectivity index (χ0n) is 12.4. The Bertz CT molecular complexity index is 521. The summed E-state index contributed by atoms with van der Waals surface area (Å²) in [7, 11) is 0. The highest BCUT2D eigenvalue weighted by Gasteiger charge is 2.19. The van der Waals surface area contributed by atoms with E-state index in [2.05, 4.69) is 10.3 Å². The van der Waals surface area contributed by atoms with Crippen LogP contribution in [0.4, 0.5) is 0 Å². The lowest BCUT2D eigenvalue weighted by molar-refractivity contribution is -0.131. The van der Waals surface area contributed by atoms with E-state index in [9.17, 15) is 9.59 Å². The smallest absolute Gasteiger partial charge is 0.328 e. The molecule has 0 spiro atoms. The minimum atomic E-state index is -1.03. The lowest BCUT2D eigenvalue weighted by Gasteiger charge is -2.24. The molecule has 1 amide bonds. The van der Waals surface area contributed by atoms with Crippen LogP contribution in [-0.4, -0.2) is 40.7 Å². The minimum absolute atomic E-state index is 0.273. The Kier molecular flexibility index (Phi) is 6.05. The molecule has 0 bridgehead atoms. The molecule has 21 heavy (non-hydrogen) atoms. The number of amides is 1. The van der Waals surface area contributed by atoms with E-state index in [1.165, 1.54) is 12.3 Å². The van der Waals surface area contributed by atoms with Crippen molar-refractivity contribution in [1.82, 2.24) is 10.3 Å². The van der Waals surface area contributed by atoms with Gasteiger partial charge in [-0.15, -0.1) is 0 Å². The fourth-order valence-electron chi connectivity index (χ4n) is 1.63. The standard InChI is InChI=1S/C15H20N2O4/c1-4-21-15(2,3)10-17-14(20)12-7-5-11(9-16-12)6-8-13(18)19/h5-9H,4,10H2,1-3H3,(H,17,20)(H,18,19)/b8-6+. The molecule has 0 aliphatic carbocycles. The zero-order valence-corrected chi connectivity index (χ0v) is 12.4. The highest BCUT2D eigenvalue weighted by atomic mass is 16.5. The molecule has 0 fully saturated rings. The van der Waals surface area contributed by atoms with Gasteiger partial charge in [-0.05, 0) is 38.5 Å². The monoisotopic (exact) mass is 292 g/mol. The van der Waals surface area contributed by atoms with Crippen molar-refractivity contribution in [2.24, 2.45) is 0 Å². The molecule has 6 heteroatoms. The van der Waals surface area contributed by atoms with Crippen LogP contribution >= 0.6 is 0 Å². The Balaban J connectivity index is 2.61. The first-order valence-corrected chi connectivity index (χ1v) is 6.63. The molecule has 2 N–H and O–H groups in total. The van der Waals surface area contributed by atoms with Crippen LogP contribution in [-0.2, 0) is 9.53 Å². The van der Waals surface area contributed by atoms with E-state index in [0.29, 0.717) is 18.7 Å². The van der Waals surface area contributed by atoms with Gasteiger partial charge in [-0.25, -0.2) is 4.79 Å². The first-order valence-electron chi connectivity index (χ1n) is 6.63. The van der Waals surface area contributed by atoms with E-state index in [4.69, 9.17) is 9.84 Å². The quantitative estimate of drug-likeness (QED) is 0.747. The molecule has 1 aromatic heterocycles. The van der Waals surface area contributed by atoms with Crippen LogP contribution in [0.1, 0.15) is 36.8 Å². The number of hydrogen-bond donors (Lipinski definition) is 2. The number of carboxylic acid groups (broad SMARTS) is 1.